The summed E-state index contributed by atoms with van der Waals surface area (Å²) in [5.74, 6) is 0. The molecule has 84 valence electrons. The van der Waals surface area contributed by atoms with E-state index in [2.05, 4.69) is 31.0 Å². The molecule has 0 aromatic rings. The summed E-state index contributed by atoms with van der Waals surface area (Å²) in [5, 5.41) is 3.67. The Balaban J connectivity index is 2.43. The molecule has 1 fully saturated rings. The Hall–Kier alpha value is -0.0800. The third kappa shape index (κ3) is 3.58. The smallest absolute Gasteiger partial charge is 0.0277 e. The number of hydrogen-bond donors (Lipinski definition) is 1. The number of hydrogen-bond acceptors (Lipinski definition) is 2. The van der Waals surface area contributed by atoms with Crippen molar-refractivity contribution in [3.8, 4) is 0 Å². The van der Waals surface area contributed by atoms with Crippen LogP contribution in [0.5, 0.6) is 0 Å². The quantitative estimate of drug-likeness (QED) is 0.745. The molecule has 14 heavy (non-hydrogen) atoms. The zero-order valence-corrected chi connectivity index (χ0v) is 10.1. The van der Waals surface area contributed by atoms with Crippen molar-refractivity contribution in [2.75, 3.05) is 26.2 Å². The molecular weight excluding hydrogens is 172 g/mol. The summed E-state index contributed by atoms with van der Waals surface area (Å²) >= 11 is 0. The van der Waals surface area contributed by atoms with Crippen LogP contribution in [0.4, 0.5) is 0 Å². The second-order valence-electron chi connectivity index (χ2n) is 4.82. The van der Waals surface area contributed by atoms with Gasteiger partial charge >= 0.3 is 0 Å². The Morgan fingerprint density at radius 1 is 1.36 bits per heavy atom. The monoisotopic (exact) mass is 198 g/mol. The van der Waals surface area contributed by atoms with E-state index >= 15 is 0 Å². The van der Waals surface area contributed by atoms with Gasteiger partial charge in [-0.05, 0) is 45.8 Å². The topological polar surface area (TPSA) is 15.3 Å². The van der Waals surface area contributed by atoms with Crippen LogP contribution in [0.3, 0.4) is 0 Å². The standard InChI is InChI=1S/C12H26N2/c1-4-6-9-14-10-7-8-13-12(3,5-2)11-14/h13H,4-11H2,1-3H3. The molecule has 0 radical (unpaired) electrons. The van der Waals surface area contributed by atoms with Crippen LogP contribution in [0.1, 0.15) is 46.5 Å². The molecular formula is C12H26N2. The highest BCUT2D eigenvalue weighted by atomic mass is 15.2. The van der Waals surface area contributed by atoms with Crippen molar-refractivity contribution in [2.24, 2.45) is 0 Å². The molecule has 2 heteroatoms. The molecule has 2 nitrogen and oxygen atoms in total. The van der Waals surface area contributed by atoms with Crippen LogP contribution in [0.25, 0.3) is 0 Å². The van der Waals surface area contributed by atoms with E-state index in [4.69, 9.17) is 0 Å². The van der Waals surface area contributed by atoms with Gasteiger partial charge in [0, 0.05) is 12.1 Å². The lowest BCUT2D eigenvalue weighted by atomic mass is 9.98. The van der Waals surface area contributed by atoms with Gasteiger partial charge in [-0.1, -0.05) is 20.3 Å². The summed E-state index contributed by atoms with van der Waals surface area (Å²) in [5.41, 5.74) is 0.351. The van der Waals surface area contributed by atoms with Crippen molar-refractivity contribution < 1.29 is 0 Å². The van der Waals surface area contributed by atoms with Crippen LogP contribution in [0.15, 0.2) is 0 Å². The first-order chi connectivity index (χ1) is 6.70. The SMILES string of the molecule is CCCCN1CCCNC(C)(CC)C1. The van der Waals surface area contributed by atoms with Crippen LogP contribution < -0.4 is 5.32 Å². The lowest BCUT2D eigenvalue weighted by Gasteiger charge is -2.32. The lowest BCUT2D eigenvalue weighted by Crippen LogP contribution is -2.48. The minimum Gasteiger partial charge on any atom is -0.310 e. The summed E-state index contributed by atoms with van der Waals surface area (Å²) in [6, 6.07) is 0. The third-order valence-electron chi connectivity index (χ3n) is 3.38. The number of nitrogens with one attached hydrogen (secondary N) is 1. The summed E-state index contributed by atoms with van der Waals surface area (Å²) in [6.07, 6.45) is 5.20. The first-order valence-electron chi connectivity index (χ1n) is 6.17. The molecule has 0 aliphatic carbocycles. The summed E-state index contributed by atoms with van der Waals surface area (Å²) < 4.78 is 0. The Kier molecular flexibility index (Phi) is 4.90. The maximum atomic E-state index is 3.67. The highest BCUT2D eigenvalue weighted by Crippen LogP contribution is 2.15. The van der Waals surface area contributed by atoms with Crippen LogP contribution in [-0.2, 0) is 0 Å². The Bertz CT molecular complexity index is 158. The fourth-order valence-electron chi connectivity index (χ4n) is 2.13. The average molecular weight is 198 g/mol. The Morgan fingerprint density at radius 2 is 2.14 bits per heavy atom. The Labute approximate surface area is 89.1 Å². The minimum absolute atomic E-state index is 0.351. The predicted molar refractivity (Wildman–Crippen MR) is 62.7 cm³/mol. The second kappa shape index (κ2) is 5.72. The molecule has 1 saturated heterocycles. The molecule has 1 unspecified atom stereocenters. The molecule has 1 heterocycles. The molecule has 1 atom stereocenters. The zero-order valence-electron chi connectivity index (χ0n) is 10.1. The van der Waals surface area contributed by atoms with Crippen molar-refractivity contribution in [2.45, 2.75) is 52.0 Å². The fourth-order valence-corrected chi connectivity index (χ4v) is 2.13. The highest BCUT2D eigenvalue weighted by Gasteiger charge is 2.26. The van der Waals surface area contributed by atoms with Gasteiger partial charge in [0.25, 0.3) is 0 Å². The van der Waals surface area contributed by atoms with Crippen LogP contribution >= 0.6 is 0 Å². The van der Waals surface area contributed by atoms with Crippen molar-refractivity contribution >= 4 is 0 Å². The normalized spacial score (nSPS) is 30.2. The van der Waals surface area contributed by atoms with Crippen molar-refractivity contribution in [1.29, 1.82) is 0 Å². The fraction of sp³-hybridized carbons (Fsp3) is 1.00. The molecule has 0 spiro atoms. The van der Waals surface area contributed by atoms with Gasteiger partial charge in [-0.3, -0.25) is 0 Å². The van der Waals surface area contributed by atoms with Gasteiger partial charge in [0.1, 0.15) is 0 Å². The largest absolute Gasteiger partial charge is 0.310 e. The molecule has 1 rings (SSSR count). The van der Waals surface area contributed by atoms with Crippen LogP contribution in [0.2, 0.25) is 0 Å². The predicted octanol–water partition coefficient (Wildman–Crippen LogP) is 2.25. The van der Waals surface area contributed by atoms with Gasteiger partial charge in [-0.15, -0.1) is 0 Å². The van der Waals surface area contributed by atoms with Crippen LogP contribution in [-0.4, -0.2) is 36.6 Å². The van der Waals surface area contributed by atoms with E-state index in [1.165, 1.54) is 51.9 Å². The van der Waals surface area contributed by atoms with E-state index in [-0.39, 0.29) is 0 Å². The van der Waals surface area contributed by atoms with Crippen molar-refractivity contribution in [3.63, 3.8) is 0 Å². The van der Waals surface area contributed by atoms with Gasteiger partial charge in [0.15, 0.2) is 0 Å². The highest BCUT2D eigenvalue weighted by molar-refractivity contribution is 4.87. The number of unbranched alkanes of at least 4 members (excludes halogenated alkanes) is 1. The maximum absolute atomic E-state index is 3.67. The van der Waals surface area contributed by atoms with Gasteiger partial charge in [0.2, 0.25) is 0 Å². The number of nitrogens with zero attached hydrogens (tertiary/aromatic N) is 1. The van der Waals surface area contributed by atoms with E-state index in [1.807, 2.05) is 0 Å². The third-order valence-corrected chi connectivity index (χ3v) is 3.38. The minimum atomic E-state index is 0.351. The van der Waals surface area contributed by atoms with Gasteiger partial charge in [-0.25, -0.2) is 0 Å². The van der Waals surface area contributed by atoms with Crippen LogP contribution in [0, 0.1) is 0 Å². The van der Waals surface area contributed by atoms with Crippen molar-refractivity contribution in [1.82, 2.24) is 10.2 Å². The van der Waals surface area contributed by atoms with Crippen molar-refractivity contribution in [3.05, 3.63) is 0 Å². The van der Waals surface area contributed by atoms with Gasteiger partial charge in [0.05, 0.1) is 0 Å². The molecule has 1 aliphatic heterocycles. The molecule has 0 bridgehead atoms. The van der Waals surface area contributed by atoms with E-state index in [9.17, 15) is 0 Å². The average Bonchev–Trinajstić information content (AvgIpc) is 2.38. The van der Waals surface area contributed by atoms with Gasteiger partial charge in [-0.2, -0.15) is 0 Å². The van der Waals surface area contributed by atoms with E-state index in [0.29, 0.717) is 5.54 Å². The molecule has 1 aliphatic rings. The molecule has 0 amide bonds. The van der Waals surface area contributed by atoms with E-state index in [0.717, 1.165) is 0 Å². The molecule has 0 aromatic heterocycles. The first kappa shape index (κ1) is 12.0. The second-order valence-corrected chi connectivity index (χ2v) is 4.82. The molecule has 1 N–H and O–H groups in total. The first-order valence-corrected chi connectivity index (χ1v) is 6.17. The van der Waals surface area contributed by atoms with Gasteiger partial charge < -0.3 is 10.2 Å². The maximum Gasteiger partial charge on any atom is 0.0277 e. The summed E-state index contributed by atoms with van der Waals surface area (Å²) in [7, 11) is 0. The molecule has 0 saturated carbocycles. The zero-order chi connectivity index (χ0) is 10.4. The summed E-state index contributed by atoms with van der Waals surface area (Å²) in [6.45, 7) is 11.9. The van der Waals surface area contributed by atoms with E-state index in [1.54, 1.807) is 0 Å². The number of rotatable bonds is 4. The molecule has 0 aromatic carbocycles. The Morgan fingerprint density at radius 3 is 2.79 bits per heavy atom. The lowest BCUT2D eigenvalue weighted by molar-refractivity contribution is 0.213. The summed E-state index contributed by atoms with van der Waals surface area (Å²) in [4.78, 5) is 2.63. The van der Waals surface area contributed by atoms with E-state index < -0.39 is 0 Å².